The third kappa shape index (κ3) is 3.36. The van der Waals surface area contributed by atoms with Gasteiger partial charge in [0.05, 0.1) is 17.6 Å². The molecule has 2 aliphatic rings. The molecule has 4 rings (SSSR count). The lowest BCUT2D eigenvalue weighted by molar-refractivity contribution is -0.157. The number of carboxylic acids is 1. The maximum Gasteiger partial charge on any atom is 0.311 e. The molecule has 2 saturated heterocycles. The number of ether oxygens (including phenoxy) is 2. The monoisotopic (exact) mass is 381 g/mol. The fourth-order valence-electron chi connectivity index (χ4n) is 4.13. The number of fused-ring (bicyclic) bond motifs is 1. The van der Waals surface area contributed by atoms with Gasteiger partial charge in [-0.05, 0) is 24.1 Å². The largest absolute Gasteiger partial charge is 0.488 e. The molecule has 2 fully saturated rings. The average molecular weight is 381 g/mol. The van der Waals surface area contributed by atoms with E-state index in [9.17, 15) is 14.7 Å². The summed E-state index contributed by atoms with van der Waals surface area (Å²) in [6, 6.07) is 16.9. The first kappa shape index (κ1) is 18.5. The number of para-hydroxylation sites is 1. The topological polar surface area (TPSA) is 76.1 Å². The fourth-order valence-corrected chi connectivity index (χ4v) is 4.13. The van der Waals surface area contributed by atoms with Crippen LogP contribution in [0.5, 0.6) is 5.75 Å². The molecule has 0 radical (unpaired) electrons. The molecule has 0 unspecified atom stereocenters. The van der Waals surface area contributed by atoms with Gasteiger partial charge in [0.15, 0.2) is 0 Å². The Balaban J connectivity index is 1.53. The van der Waals surface area contributed by atoms with Crippen LogP contribution in [0.2, 0.25) is 0 Å². The van der Waals surface area contributed by atoms with E-state index in [0.29, 0.717) is 44.1 Å². The third-order valence-corrected chi connectivity index (χ3v) is 5.77. The molecule has 146 valence electrons. The number of aliphatic carboxylic acids is 1. The van der Waals surface area contributed by atoms with Crippen LogP contribution in [-0.2, 0) is 16.1 Å². The van der Waals surface area contributed by atoms with Gasteiger partial charge in [0.2, 0.25) is 0 Å². The normalized spacial score (nSPS) is 23.9. The van der Waals surface area contributed by atoms with E-state index < -0.39 is 11.4 Å². The smallest absolute Gasteiger partial charge is 0.311 e. The number of benzene rings is 2. The molecule has 2 aromatic rings. The molecule has 1 N–H and O–H groups in total. The lowest BCUT2D eigenvalue weighted by atomic mass is 9.74. The molecule has 0 saturated carbocycles. The zero-order valence-corrected chi connectivity index (χ0v) is 15.5. The van der Waals surface area contributed by atoms with Crippen molar-refractivity contribution in [3.63, 3.8) is 0 Å². The number of hydrogen-bond acceptors (Lipinski definition) is 4. The predicted octanol–water partition coefficient (Wildman–Crippen LogP) is 2.83. The number of carbonyl (C=O) groups excluding carboxylic acids is 1. The minimum atomic E-state index is -0.909. The van der Waals surface area contributed by atoms with E-state index in [1.807, 2.05) is 36.4 Å². The van der Waals surface area contributed by atoms with E-state index in [2.05, 4.69) is 0 Å². The number of hydrogen-bond donors (Lipinski definition) is 1. The van der Waals surface area contributed by atoms with Gasteiger partial charge in [-0.15, -0.1) is 0 Å². The number of carboxylic acid groups (broad SMARTS) is 1. The molecule has 2 atom stereocenters. The van der Waals surface area contributed by atoms with Gasteiger partial charge < -0.3 is 19.5 Å². The Bertz CT molecular complexity index is 868. The Morgan fingerprint density at radius 3 is 2.64 bits per heavy atom. The summed E-state index contributed by atoms with van der Waals surface area (Å²) in [5.74, 6) is -0.713. The van der Waals surface area contributed by atoms with E-state index in [1.54, 1.807) is 23.1 Å². The van der Waals surface area contributed by atoms with Crippen molar-refractivity contribution in [1.82, 2.24) is 4.90 Å². The van der Waals surface area contributed by atoms with Gasteiger partial charge in [-0.2, -0.15) is 0 Å². The van der Waals surface area contributed by atoms with E-state index in [4.69, 9.17) is 9.47 Å². The van der Waals surface area contributed by atoms with Crippen molar-refractivity contribution in [3.05, 3.63) is 65.7 Å². The highest BCUT2D eigenvalue weighted by molar-refractivity contribution is 5.97. The summed E-state index contributed by atoms with van der Waals surface area (Å²) >= 11 is 0. The van der Waals surface area contributed by atoms with Gasteiger partial charge in [-0.3, -0.25) is 9.59 Å². The fraction of sp³-hybridized carbons (Fsp3) is 0.364. The second-order valence-corrected chi connectivity index (χ2v) is 7.44. The molecule has 6 heteroatoms. The highest BCUT2D eigenvalue weighted by Gasteiger charge is 2.55. The number of amides is 1. The summed E-state index contributed by atoms with van der Waals surface area (Å²) in [6.45, 7) is 1.75. The van der Waals surface area contributed by atoms with Gasteiger partial charge in [-0.1, -0.05) is 42.5 Å². The van der Waals surface area contributed by atoms with Crippen molar-refractivity contribution in [2.24, 2.45) is 11.3 Å². The lowest BCUT2D eigenvalue weighted by Gasteiger charge is -2.33. The molecule has 0 spiro atoms. The zero-order chi connectivity index (χ0) is 19.6. The molecule has 0 aliphatic carbocycles. The molecule has 2 aliphatic heterocycles. The van der Waals surface area contributed by atoms with Crippen molar-refractivity contribution in [3.8, 4) is 5.75 Å². The maximum absolute atomic E-state index is 13.2. The Hall–Kier alpha value is -2.86. The first-order valence-electron chi connectivity index (χ1n) is 9.46. The van der Waals surface area contributed by atoms with Crippen molar-refractivity contribution < 1.29 is 24.2 Å². The molecule has 6 nitrogen and oxygen atoms in total. The second-order valence-electron chi connectivity index (χ2n) is 7.44. The minimum Gasteiger partial charge on any atom is -0.488 e. The van der Waals surface area contributed by atoms with E-state index in [1.165, 1.54) is 0 Å². The standard InChI is InChI=1S/C22H23NO5/c24-20(23-12-17-14-27-11-10-22(17,15-23)21(25)26)18-8-4-5-9-19(18)28-13-16-6-2-1-3-7-16/h1-9,17H,10-15H2,(H,25,26)/t17-,22+/m1/s1. The molecular weight excluding hydrogens is 358 g/mol. The van der Waals surface area contributed by atoms with E-state index in [-0.39, 0.29) is 18.4 Å². The highest BCUT2D eigenvalue weighted by atomic mass is 16.5. The highest BCUT2D eigenvalue weighted by Crippen LogP contribution is 2.43. The summed E-state index contributed by atoms with van der Waals surface area (Å²) in [7, 11) is 0. The summed E-state index contributed by atoms with van der Waals surface area (Å²) in [5, 5.41) is 9.82. The van der Waals surface area contributed by atoms with Gasteiger partial charge in [0, 0.05) is 25.6 Å². The van der Waals surface area contributed by atoms with Crippen LogP contribution in [0, 0.1) is 11.3 Å². The molecule has 28 heavy (non-hydrogen) atoms. The Kier molecular flexibility index (Phi) is 5.05. The maximum atomic E-state index is 13.2. The van der Waals surface area contributed by atoms with Crippen LogP contribution in [0.1, 0.15) is 22.3 Å². The molecule has 1 amide bonds. The zero-order valence-electron chi connectivity index (χ0n) is 15.5. The van der Waals surface area contributed by atoms with Crippen LogP contribution in [0.3, 0.4) is 0 Å². The van der Waals surface area contributed by atoms with Crippen LogP contribution < -0.4 is 4.74 Å². The third-order valence-electron chi connectivity index (χ3n) is 5.77. The molecule has 0 bridgehead atoms. The van der Waals surface area contributed by atoms with Crippen molar-refractivity contribution >= 4 is 11.9 Å². The first-order chi connectivity index (χ1) is 13.6. The number of carbonyl (C=O) groups is 2. The summed E-state index contributed by atoms with van der Waals surface area (Å²) < 4.78 is 11.4. The van der Waals surface area contributed by atoms with Crippen LogP contribution in [0.25, 0.3) is 0 Å². The number of likely N-dealkylation sites (tertiary alicyclic amines) is 1. The van der Waals surface area contributed by atoms with Gasteiger partial charge in [0.25, 0.3) is 5.91 Å². The van der Waals surface area contributed by atoms with Crippen LogP contribution in [-0.4, -0.2) is 48.2 Å². The van der Waals surface area contributed by atoms with Gasteiger partial charge in [-0.25, -0.2) is 0 Å². The molecular formula is C22H23NO5. The van der Waals surface area contributed by atoms with Gasteiger partial charge >= 0.3 is 5.97 Å². The first-order valence-corrected chi connectivity index (χ1v) is 9.46. The van der Waals surface area contributed by atoms with Crippen molar-refractivity contribution in [1.29, 1.82) is 0 Å². The van der Waals surface area contributed by atoms with E-state index >= 15 is 0 Å². The van der Waals surface area contributed by atoms with E-state index in [0.717, 1.165) is 5.56 Å². The quantitative estimate of drug-likeness (QED) is 0.862. The van der Waals surface area contributed by atoms with Crippen LogP contribution >= 0.6 is 0 Å². The average Bonchev–Trinajstić information content (AvgIpc) is 3.14. The molecule has 0 aromatic heterocycles. The van der Waals surface area contributed by atoms with Gasteiger partial charge in [0.1, 0.15) is 12.4 Å². The SMILES string of the molecule is O=C(c1ccccc1OCc1ccccc1)N1C[C@@H]2COCC[C@]2(C(=O)O)C1. The van der Waals surface area contributed by atoms with Crippen molar-refractivity contribution in [2.75, 3.05) is 26.3 Å². The summed E-state index contributed by atoms with van der Waals surface area (Å²) in [5.41, 5.74) is 0.561. The Labute approximate surface area is 163 Å². The van der Waals surface area contributed by atoms with Crippen molar-refractivity contribution in [2.45, 2.75) is 13.0 Å². The Morgan fingerprint density at radius 2 is 1.89 bits per heavy atom. The minimum absolute atomic E-state index is 0.180. The second kappa shape index (κ2) is 7.64. The lowest BCUT2D eigenvalue weighted by Crippen LogP contribution is -2.45. The summed E-state index contributed by atoms with van der Waals surface area (Å²) in [4.78, 5) is 26.8. The predicted molar refractivity (Wildman–Crippen MR) is 102 cm³/mol. The van der Waals surface area contributed by atoms with Crippen LogP contribution in [0.4, 0.5) is 0 Å². The molecule has 2 aromatic carbocycles. The molecule has 2 heterocycles. The number of nitrogens with zero attached hydrogens (tertiary/aromatic N) is 1. The Morgan fingerprint density at radius 1 is 1.14 bits per heavy atom. The summed E-state index contributed by atoms with van der Waals surface area (Å²) in [6.07, 6.45) is 0.433. The number of rotatable bonds is 5. The van der Waals surface area contributed by atoms with Crippen LogP contribution in [0.15, 0.2) is 54.6 Å².